The summed E-state index contributed by atoms with van der Waals surface area (Å²) < 4.78 is 5.75. The summed E-state index contributed by atoms with van der Waals surface area (Å²) in [6, 6.07) is 7.88. The molecule has 1 rings (SSSR count). The highest BCUT2D eigenvalue weighted by Gasteiger charge is 2.18. The van der Waals surface area contributed by atoms with Crippen LogP contribution in [0.4, 0.5) is 0 Å². The Morgan fingerprint density at radius 3 is 2.62 bits per heavy atom. The Morgan fingerprint density at radius 1 is 1.44 bits per heavy atom. The van der Waals surface area contributed by atoms with Crippen LogP contribution in [-0.2, 0) is 0 Å². The number of hydrogen-bond acceptors (Lipinski definition) is 3. The molecule has 0 saturated heterocycles. The second-order valence-corrected chi connectivity index (χ2v) is 4.53. The van der Waals surface area contributed by atoms with Crippen LogP contribution in [0, 0.1) is 6.92 Å². The van der Waals surface area contributed by atoms with Gasteiger partial charge in [0.1, 0.15) is 11.5 Å². The van der Waals surface area contributed by atoms with Crippen molar-refractivity contribution in [1.82, 2.24) is 5.32 Å². The Bertz CT molecular complexity index is 331. The van der Waals surface area contributed by atoms with E-state index in [2.05, 4.69) is 5.32 Å². The van der Waals surface area contributed by atoms with Crippen molar-refractivity contribution in [3.05, 3.63) is 29.8 Å². The van der Waals surface area contributed by atoms with Crippen LogP contribution < -0.4 is 10.1 Å². The number of ether oxygens (including phenoxy) is 1. The Morgan fingerprint density at radius 2 is 2.12 bits per heavy atom. The van der Waals surface area contributed by atoms with E-state index in [1.165, 1.54) is 0 Å². The van der Waals surface area contributed by atoms with Crippen molar-refractivity contribution in [1.29, 1.82) is 0 Å². The number of aryl methyl sites for hydroxylation is 1. The molecule has 0 spiro atoms. The van der Waals surface area contributed by atoms with Crippen molar-refractivity contribution in [2.75, 3.05) is 0 Å². The molecule has 2 N–H and O–H groups in total. The van der Waals surface area contributed by atoms with Gasteiger partial charge in [-0.15, -0.1) is 0 Å². The fourth-order valence-electron chi connectivity index (χ4n) is 1.46. The van der Waals surface area contributed by atoms with Crippen LogP contribution in [0.15, 0.2) is 24.3 Å². The quantitative estimate of drug-likeness (QED) is 0.753. The minimum Gasteiger partial charge on any atom is -0.475 e. The summed E-state index contributed by atoms with van der Waals surface area (Å²) >= 11 is 0. The number of rotatable bonds is 5. The summed E-state index contributed by atoms with van der Waals surface area (Å²) in [5, 5.41) is 12.7. The van der Waals surface area contributed by atoms with E-state index >= 15 is 0 Å². The lowest BCUT2D eigenvalue weighted by Gasteiger charge is -2.27. The molecule has 16 heavy (non-hydrogen) atoms. The van der Waals surface area contributed by atoms with Gasteiger partial charge in [-0.25, -0.2) is 0 Å². The molecule has 0 aliphatic carbocycles. The van der Waals surface area contributed by atoms with E-state index in [0.29, 0.717) is 0 Å². The third kappa shape index (κ3) is 4.64. The van der Waals surface area contributed by atoms with Gasteiger partial charge >= 0.3 is 0 Å². The molecule has 1 aromatic carbocycles. The molecule has 0 amide bonds. The number of benzene rings is 1. The van der Waals surface area contributed by atoms with E-state index in [0.717, 1.165) is 17.7 Å². The minimum atomic E-state index is -0.926. The molecule has 0 aliphatic heterocycles. The van der Waals surface area contributed by atoms with E-state index in [-0.39, 0.29) is 6.23 Å². The molecule has 0 radical (unpaired) electrons. The molecule has 1 aromatic rings. The molecule has 0 aromatic heterocycles. The van der Waals surface area contributed by atoms with Crippen LogP contribution in [0.2, 0.25) is 0 Å². The molecular formula is C13H21NO2. The predicted octanol–water partition coefficient (Wildman–Crippen LogP) is 2.43. The second-order valence-electron chi connectivity index (χ2n) is 4.53. The van der Waals surface area contributed by atoms with Gasteiger partial charge in [-0.3, -0.25) is 5.32 Å². The first kappa shape index (κ1) is 13.0. The first-order chi connectivity index (χ1) is 7.40. The van der Waals surface area contributed by atoms with Crippen molar-refractivity contribution < 1.29 is 9.84 Å². The van der Waals surface area contributed by atoms with E-state index < -0.39 is 5.72 Å². The highest BCUT2D eigenvalue weighted by Crippen LogP contribution is 2.15. The summed E-state index contributed by atoms with van der Waals surface area (Å²) in [5.41, 5.74) is 0.237. The Labute approximate surface area is 97.4 Å². The van der Waals surface area contributed by atoms with Crippen LogP contribution in [0.1, 0.15) is 32.8 Å². The van der Waals surface area contributed by atoms with Crippen LogP contribution in [0.25, 0.3) is 0 Å². The standard InChI is InChI=1S/C13H21NO2/c1-5-12(14-13(3,4)15)16-11-8-6-7-10(2)9-11/h6-9,12,14-15H,5H2,1-4H3. The normalized spacial score (nSPS) is 13.6. The molecule has 3 heteroatoms. The number of hydrogen-bond donors (Lipinski definition) is 2. The lowest BCUT2D eigenvalue weighted by atomic mass is 10.2. The molecule has 3 nitrogen and oxygen atoms in total. The van der Waals surface area contributed by atoms with E-state index in [1.807, 2.05) is 38.1 Å². The molecule has 90 valence electrons. The van der Waals surface area contributed by atoms with Gasteiger partial charge < -0.3 is 9.84 Å². The maximum absolute atomic E-state index is 9.66. The van der Waals surface area contributed by atoms with Gasteiger partial charge in [0.15, 0.2) is 6.23 Å². The average molecular weight is 223 g/mol. The van der Waals surface area contributed by atoms with Crippen molar-refractivity contribution in [2.24, 2.45) is 0 Å². The molecule has 1 atom stereocenters. The van der Waals surface area contributed by atoms with Crippen LogP contribution in [-0.4, -0.2) is 17.1 Å². The largest absolute Gasteiger partial charge is 0.475 e. The van der Waals surface area contributed by atoms with E-state index in [4.69, 9.17) is 4.74 Å². The number of aliphatic hydroxyl groups is 1. The zero-order chi connectivity index (χ0) is 12.2. The Balaban J connectivity index is 2.63. The van der Waals surface area contributed by atoms with Crippen molar-refractivity contribution >= 4 is 0 Å². The van der Waals surface area contributed by atoms with Gasteiger partial charge in [0, 0.05) is 0 Å². The minimum absolute atomic E-state index is 0.179. The second kappa shape index (κ2) is 5.32. The highest BCUT2D eigenvalue weighted by atomic mass is 16.5. The molecule has 0 fully saturated rings. The van der Waals surface area contributed by atoms with Crippen molar-refractivity contribution in [3.63, 3.8) is 0 Å². The van der Waals surface area contributed by atoms with Crippen molar-refractivity contribution in [3.8, 4) is 5.75 Å². The maximum Gasteiger partial charge on any atom is 0.152 e. The molecule has 0 saturated carbocycles. The summed E-state index contributed by atoms with van der Waals surface area (Å²) in [7, 11) is 0. The zero-order valence-corrected chi connectivity index (χ0v) is 10.4. The topological polar surface area (TPSA) is 41.5 Å². The smallest absolute Gasteiger partial charge is 0.152 e. The lowest BCUT2D eigenvalue weighted by Crippen LogP contribution is -2.48. The van der Waals surface area contributed by atoms with Crippen molar-refractivity contribution in [2.45, 2.75) is 46.1 Å². The van der Waals surface area contributed by atoms with Gasteiger partial charge in [-0.2, -0.15) is 0 Å². The van der Waals surface area contributed by atoms with Crippen LogP contribution in [0.5, 0.6) is 5.75 Å². The van der Waals surface area contributed by atoms with Gasteiger partial charge in [0.2, 0.25) is 0 Å². The summed E-state index contributed by atoms with van der Waals surface area (Å²) in [5.74, 6) is 0.823. The SMILES string of the molecule is CCC(NC(C)(C)O)Oc1cccc(C)c1. The highest BCUT2D eigenvalue weighted by molar-refractivity contribution is 5.27. The molecule has 0 heterocycles. The lowest BCUT2D eigenvalue weighted by molar-refractivity contribution is -0.0110. The van der Waals surface area contributed by atoms with Crippen LogP contribution in [0.3, 0.4) is 0 Å². The molecular weight excluding hydrogens is 202 g/mol. The van der Waals surface area contributed by atoms with Gasteiger partial charge in [0.25, 0.3) is 0 Å². The first-order valence-corrected chi connectivity index (χ1v) is 5.64. The molecule has 1 unspecified atom stereocenters. The first-order valence-electron chi connectivity index (χ1n) is 5.64. The van der Waals surface area contributed by atoms with Gasteiger partial charge in [-0.05, 0) is 44.9 Å². The monoisotopic (exact) mass is 223 g/mol. The maximum atomic E-state index is 9.66. The summed E-state index contributed by atoms with van der Waals surface area (Å²) in [6.07, 6.45) is 0.611. The fraction of sp³-hybridized carbons (Fsp3) is 0.538. The number of nitrogens with one attached hydrogen (secondary N) is 1. The van der Waals surface area contributed by atoms with Gasteiger partial charge in [0.05, 0.1) is 0 Å². The van der Waals surface area contributed by atoms with Crippen LogP contribution >= 0.6 is 0 Å². The third-order valence-corrected chi connectivity index (χ3v) is 2.15. The Hall–Kier alpha value is -1.06. The fourth-order valence-corrected chi connectivity index (χ4v) is 1.46. The molecule has 0 bridgehead atoms. The Kier molecular flexibility index (Phi) is 4.33. The summed E-state index contributed by atoms with van der Waals surface area (Å²) in [6.45, 7) is 7.45. The van der Waals surface area contributed by atoms with E-state index in [1.54, 1.807) is 13.8 Å². The van der Waals surface area contributed by atoms with Gasteiger partial charge in [-0.1, -0.05) is 19.1 Å². The molecule has 0 aliphatic rings. The summed E-state index contributed by atoms with van der Waals surface area (Å²) in [4.78, 5) is 0. The zero-order valence-electron chi connectivity index (χ0n) is 10.4. The van der Waals surface area contributed by atoms with E-state index in [9.17, 15) is 5.11 Å². The predicted molar refractivity (Wildman–Crippen MR) is 65.3 cm³/mol. The third-order valence-electron chi connectivity index (χ3n) is 2.15. The average Bonchev–Trinajstić information content (AvgIpc) is 2.14.